The number of carbonyl (C=O) groups is 1. The SMILES string of the molecule is CCC1Oc2cc(F)c(-c3c(Cl)n4n(c3=O)CCCC4)cc2NC1=O. The Morgan fingerprint density at radius 2 is 2.00 bits per heavy atom. The number of nitrogens with one attached hydrogen (secondary N) is 1. The highest BCUT2D eigenvalue weighted by Gasteiger charge is 2.30. The van der Waals surface area contributed by atoms with Gasteiger partial charge in [-0.2, -0.15) is 0 Å². The lowest BCUT2D eigenvalue weighted by Crippen LogP contribution is -2.36. The maximum atomic E-state index is 14.7. The molecule has 1 aromatic carbocycles. The standard InChI is InChI=1S/C17H17ClFN3O3/c1-2-12-16(23)20-11-7-9(10(19)8-13(11)25-12)14-15(18)21-5-3-4-6-22(21)17(14)24/h7-8,12H,2-6H2,1H3,(H,20,23). The number of benzene rings is 1. The van der Waals surface area contributed by atoms with Crippen molar-refractivity contribution >= 4 is 23.2 Å². The zero-order chi connectivity index (χ0) is 17.7. The summed E-state index contributed by atoms with van der Waals surface area (Å²) < 4.78 is 23.5. The molecule has 3 heterocycles. The van der Waals surface area contributed by atoms with E-state index in [1.807, 2.05) is 6.92 Å². The lowest BCUT2D eigenvalue weighted by molar-refractivity contribution is -0.123. The van der Waals surface area contributed by atoms with Gasteiger partial charge in [0.2, 0.25) is 0 Å². The van der Waals surface area contributed by atoms with Gasteiger partial charge in [0.05, 0.1) is 11.3 Å². The molecule has 0 saturated carbocycles. The van der Waals surface area contributed by atoms with Crippen LogP contribution in [0.15, 0.2) is 16.9 Å². The summed E-state index contributed by atoms with van der Waals surface area (Å²) in [6.45, 7) is 2.99. The molecule has 8 heteroatoms. The number of halogens is 2. The third kappa shape index (κ3) is 2.45. The minimum atomic E-state index is -0.645. The molecular weight excluding hydrogens is 349 g/mol. The van der Waals surface area contributed by atoms with Gasteiger partial charge in [-0.3, -0.25) is 14.3 Å². The van der Waals surface area contributed by atoms with E-state index in [9.17, 15) is 14.0 Å². The van der Waals surface area contributed by atoms with E-state index < -0.39 is 11.9 Å². The van der Waals surface area contributed by atoms with Crippen molar-refractivity contribution < 1.29 is 13.9 Å². The summed E-state index contributed by atoms with van der Waals surface area (Å²) in [5.41, 5.74) is 0.214. The van der Waals surface area contributed by atoms with Crippen molar-refractivity contribution in [2.24, 2.45) is 0 Å². The maximum absolute atomic E-state index is 14.7. The van der Waals surface area contributed by atoms with Gasteiger partial charge >= 0.3 is 0 Å². The zero-order valence-corrected chi connectivity index (χ0v) is 14.4. The van der Waals surface area contributed by atoms with E-state index in [1.165, 1.54) is 12.1 Å². The smallest absolute Gasteiger partial charge is 0.276 e. The molecule has 1 atom stereocenters. The fraction of sp³-hybridized carbons (Fsp3) is 0.412. The topological polar surface area (TPSA) is 65.3 Å². The number of amides is 1. The largest absolute Gasteiger partial charge is 0.478 e. The van der Waals surface area contributed by atoms with E-state index in [0.29, 0.717) is 25.2 Å². The fourth-order valence-corrected chi connectivity index (χ4v) is 3.74. The van der Waals surface area contributed by atoms with Crippen molar-refractivity contribution in [1.29, 1.82) is 0 Å². The molecule has 1 unspecified atom stereocenters. The summed E-state index contributed by atoms with van der Waals surface area (Å²) in [5.74, 6) is -0.633. The van der Waals surface area contributed by atoms with Crippen molar-refractivity contribution in [3.05, 3.63) is 33.5 Å². The van der Waals surface area contributed by atoms with Crippen LogP contribution in [0.4, 0.5) is 10.1 Å². The number of nitrogens with zero attached hydrogens (tertiary/aromatic N) is 2. The van der Waals surface area contributed by atoms with Gasteiger partial charge in [-0.1, -0.05) is 18.5 Å². The summed E-state index contributed by atoms with van der Waals surface area (Å²) in [6, 6.07) is 2.62. The highest BCUT2D eigenvalue weighted by atomic mass is 35.5. The first-order valence-corrected chi connectivity index (χ1v) is 8.69. The Bertz CT molecular complexity index is 934. The minimum Gasteiger partial charge on any atom is -0.478 e. The van der Waals surface area contributed by atoms with Gasteiger partial charge in [0.1, 0.15) is 16.7 Å². The molecule has 25 heavy (non-hydrogen) atoms. The molecule has 0 saturated heterocycles. The first-order chi connectivity index (χ1) is 12.0. The molecule has 0 fully saturated rings. The Morgan fingerprint density at radius 3 is 2.68 bits per heavy atom. The molecule has 1 amide bonds. The highest BCUT2D eigenvalue weighted by Crippen LogP contribution is 2.38. The maximum Gasteiger partial charge on any atom is 0.276 e. The van der Waals surface area contributed by atoms with Gasteiger partial charge in [-0.25, -0.2) is 9.07 Å². The zero-order valence-electron chi connectivity index (χ0n) is 13.6. The van der Waals surface area contributed by atoms with Gasteiger partial charge in [-0.15, -0.1) is 0 Å². The predicted octanol–water partition coefficient (Wildman–Crippen LogP) is 3.01. The highest BCUT2D eigenvalue weighted by molar-refractivity contribution is 6.32. The Kier molecular flexibility index (Phi) is 3.83. The van der Waals surface area contributed by atoms with E-state index in [1.54, 1.807) is 9.36 Å². The van der Waals surface area contributed by atoms with Crippen molar-refractivity contribution in [2.45, 2.75) is 45.4 Å². The Hall–Kier alpha value is -2.28. The Balaban J connectivity index is 1.86. The molecule has 1 N–H and O–H groups in total. The average molecular weight is 366 g/mol. The van der Waals surface area contributed by atoms with Gasteiger partial charge in [0.25, 0.3) is 11.5 Å². The number of rotatable bonds is 2. The number of anilines is 1. The number of fused-ring (bicyclic) bond motifs is 2. The number of hydrogen-bond acceptors (Lipinski definition) is 3. The third-order valence-electron chi connectivity index (χ3n) is 4.69. The van der Waals surface area contributed by atoms with Crippen LogP contribution >= 0.6 is 11.6 Å². The molecule has 0 aliphatic carbocycles. The molecule has 6 nitrogen and oxygen atoms in total. The quantitative estimate of drug-likeness (QED) is 0.889. The Morgan fingerprint density at radius 1 is 1.28 bits per heavy atom. The molecule has 2 aromatic rings. The van der Waals surface area contributed by atoms with Crippen LogP contribution in [-0.4, -0.2) is 21.4 Å². The van der Waals surface area contributed by atoms with E-state index in [4.69, 9.17) is 16.3 Å². The average Bonchev–Trinajstić information content (AvgIpc) is 2.86. The van der Waals surface area contributed by atoms with E-state index in [0.717, 1.165) is 12.8 Å². The van der Waals surface area contributed by atoms with Crippen LogP contribution in [0.1, 0.15) is 26.2 Å². The molecule has 2 aliphatic rings. The van der Waals surface area contributed by atoms with E-state index in [2.05, 4.69) is 5.32 Å². The summed E-state index contributed by atoms with van der Waals surface area (Å²) in [4.78, 5) is 24.7. The normalized spacial score (nSPS) is 19.0. The van der Waals surface area contributed by atoms with Crippen LogP contribution in [0.2, 0.25) is 5.15 Å². The van der Waals surface area contributed by atoms with Crippen LogP contribution in [0.5, 0.6) is 5.75 Å². The van der Waals surface area contributed by atoms with Crippen LogP contribution in [0.3, 0.4) is 0 Å². The van der Waals surface area contributed by atoms with Crippen LogP contribution in [-0.2, 0) is 17.9 Å². The minimum absolute atomic E-state index is 0.0713. The molecule has 0 radical (unpaired) electrons. The molecule has 1 aromatic heterocycles. The summed E-state index contributed by atoms with van der Waals surface area (Å²) >= 11 is 6.37. The van der Waals surface area contributed by atoms with Crippen molar-refractivity contribution in [3.8, 4) is 16.9 Å². The molecular formula is C17H17ClFN3O3. The second-order valence-electron chi connectivity index (χ2n) is 6.26. The molecule has 2 aliphatic heterocycles. The van der Waals surface area contributed by atoms with Crippen molar-refractivity contribution in [3.63, 3.8) is 0 Å². The predicted molar refractivity (Wildman–Crippen MR) is 91.7 cm³/mol. The van der Waals surface area contributed by atoms with E-state index in [-0.39, 0.29) is 33.5 Å². The Labute approximate surface area is 148 Å². The summed E-state index contributed by atoms with van der Waals surface area (Å²) in [5, 5.41) is 2.93. The number of carbonyl (C=O) groups excluding carboxylic acids is 1. The van der Waals surface area contributed by atoms with Crippen molar-refractivity contribution in [2.75, 3.05) is 5.32 Å². The molecule has 0 bridgehead atoms. The van der Waals surface area contributed by atoms with Crippen LogP contribution in [0.25, 0.3) is 11.1 Å². The number of hydrogen-bond donors (Lipinski definition) is 1. The van der Waals surface area contributed by atoms with Crippen LogP contribution in [0, 0.1) is 5.82 Å². The van der Waals surface area contributed by atoms with Gasteiger partial charge in [-0.05, 0) is 25.3 Å². The molecule has 4 rings (SSSR count). The number of ether oxygens (including phenoxy) is 1. The summed E-state index contributed by atoms with van der Waals surface area (Å²) in [6.07, 6.45) is 1.64. The van der Waals surface area contributed by atoms with Gasteiger partial charge in [0, 0.05) is 24.7 Å². The number of aromatic nitrogens is 2. The molecule has 0 spiro atoms. The second-order valence-corrected chi connectivity index (χ2v) is 6.61. The monoisotopic (exact) mass is 365 g/mol. The molecule has 132 valence electrons. The van der Waals surface area contributed by atoms with Crippen LogP contribution < -0.4 is 15.6 Å². The lowest BCUT2D eigenvalue weighted by atomic mass is 10.1. The van der Waals surface area contributed by atoms with E-state index >= 15 is 0 Å². The van der Waals surface area contributed by atoms with Gasteiger partial charge in [0.15, 0.2) is 6.10 Å². The first kappa shape index (κ1) is 16.2. The van der Waals surface area contributed by atoms with Gasteiger partial charge < -0.3 is 10.1 Å². The second kappa shape index (κ2) is 5.91. The first-order valence-electron chi connectivity index (χ1n) is 8.31. The lowest BCUT2D eigenvalue weighted by Gasteiger charge is -2.25. The fourth-order valence-electron chi connectivity index (χ4n) is 3.38. The van der Waals surface area contributed by atoms with Crippen molar-refractivity contribution in [1.82, 2.24) is 9.36 Å². The summed E-state index contributed by atoms with van der Waals surface area (Å²) in [7, 11) is 0. The third-order valence-corrected chi connectivity index (χ3v) is 5.08.